The Morgan fingerprint density at radius 3 is 2.34 bits per heavy atom. The van der Waals surface area contributed by atoms with Crippen molar-refractivity contribution in [3.05, 3.63) is 29.8 Å². The Labute approximate surface area is 179 Å². The summed E-state index contributed by atoms with van der Waals surface area (Å²) >= 11 is 0. The Morgan fingerprint density at radius 1 is 1.07 bits per heavy atom. The fourth-order valence-electron chi connectivity index (χ4n) is 3.75. The van der Waals surface area contributed by atoms with Crippen LogP contribution >= 0.6 is 12.4 Å². The largest absolute Gasteiger partial charge is 0.484 e. The molecule has 0 radical (unpaired) electrons. The van der Waals surface area contributed by atoms with Gasteiger partial charge in [-0.05, 0) is 75.2 Å². The lowest BCUT2D eigenvalue weighted by Crippen LogP contribution is -2.34. The number of ether oxygens (including phenoxy) is 1. The lowest BCUT2D eigenvalue weighted by Gasteiger charge is -2.28. The number of hydrogen-bond acceptors (Lipinski definition) is 4. The third kappa shape index (κ3) is 7.86. The molecule has 2 aliphatic rings. The Hall–Kier alpha value is -1.79. The first-order chi connectivity index (χ1) is 13.5. The van der Waals surface area contributed by atoms with Crippen LogP contribution in [0.3, 0.4) is 0 Å². The molecule has 2 atom stereocenters. The predicted molar refractivity (Wildman–Crippen MR) is 116 cm³/mol. The Bertz CT molecular complexity index is 658. The van der Waals surface area contributed by atoms with Crippen LogP contribution in [0.5, 0.6) is 5.75 Å². The van der Waals surface area contributed by atoms with Crippen molar-refractivity contribution in [3.63, 3.8) is 0 Å². The van der Waals surface area contributed by atoms with Gasteiger partial charge in [-0.25, -0.2) is 0 Å². The smallest absolute Gasteiger partial charge is 0.258 e. The van der Waals surface area contributed by atoms with E-state index in [0.29, 0.717) is 30.0 Å². The maximum absolute atomic E-state index is 12.4. The molecule has 2 fully saturated rings. The highest BCUT2D eigenvalue weighted by Crippen LogP contribution is 2.25. The van der Waals surface area contributed by atoms with Gasteiger partial charge in [0.25, 0.3) is 5.91 Å². The van der Waals surface area contributed by atoms with Gasteiger partial charge in [0, 0.05) is 12.5 Å². The van der Waals surface area contributed by atoms with E-state index in [2.05, 4.69) is 22.9 Å². The van der Waals surface area contributed by atoms with Gasteiger partial charge < -0.3 is 20.7 Å². The zero-order valence-corrected chi connectivity index (χ0v) is 18.2. The van der Waals surface area contributed by atoms with Crippen LogP contribution in [0.4, 0.5) is 0 Å². The van der Waals surface area contributed by atoms with Crippen LogP contribution in [-0.4, -0.2) is 37.6 Å². The summed E-state index contributed by atoms with van der Waals surface area (Å²) in [6, 6.07) is 7.87. The van der Waals surface area contributed by atoms with Gasteiger partial charge in [-0.15, -0.1) is 12.4 Å². The number of benzene rings is 1. The van der Waals surface area contributed by atoms with Crippen LogP contribution in [0.15, 0.2) is 24.3 Å². The first-order valence-corrected chi connectivity index (χ1v) is 10.5. The van der Waals surface area contributed by atoms with E-state index in [1.54, 1.807) is 0 Å². The zero-order valence-electron chi connectivity index (χ0n) is 17.4. The molecule has 7 heteroatoms. The second-order valence-electron chi connectivity index (χ2n) is 8.26. The molecule has 1 aromatic rings. The minimum atomic E-state index is -0.0740. The fraction of sp³-hybridized carbons (Fsp3) is 0.636. The third-order valence-corrected chi connectivity index (χ3v) is 5.77. The summed E-state index contributed by atoms with van der Waals surface area (Å²) in [5, 5.41) is 9.38. The molecule has 1 aliphatic carbocycles. The van der Waals surface area contributed by atoms with Gasteiger partial charge >= 0.3 is 0 Å². The summed E-state index contributed by atoms with van der Waals surface area (Å²) < 4.78 is 5.53. The standard InChI is InChI=1S/C22H33N3O3.ClH/c1-15(17-9-11-23-12-10-17)13-21(26)24-16(2)18-3-7-20(8-4-18)28-14-22(27)25-19-5-6-19;/h3-4,7-8,15-17,19,23H,5-6,9-14H2,1-2H3,(H,24,26)(H,25,27);1H. The molecule has 6 nitrogen and oxygen atoms in total. The fourth-order valence-corrected chi connectivity index (χ4v) is 3.75. The summed E-state index contributed by atoms with van der Waals surface area (Å²) in [7, 11) is 0. The van der Waals surface area contributed by atoms with Crippen molar-refractivity contribution in [2.24, 2.45) is 11.8 Å². The zero-order chi connectivity index (χ0) is 19.9. The van der Waals surface area contributed by atoms with E-state index < -0.39 is 0 Å². The summed E-state index contributed by atoms with van der Waals surface area (Å²) in [5.74, 6) is 1.74. The molecule has 1 heterocycles. The molecule has 1 aliphatic heterocycles. The molecular formula is C22H34ClN3O3. The molecule has 2 amide bonds. The monoisotopic (exact) mass is 423 g/mol. The molecule has 0 bridgehead atoms. The van der Waals surface area contributed by atoms with Crippen molar-refractivity contribution in [2.75, 3.05) is 19.7 Å². The van der Waals surface area contributed by atoms with Crippen LogP contribution in [0.2, 0.25) is 0 Å². The quantitative estimate of drug-likeness (QED) is 0.570. The summed E-state index contributed by atoms with van der Waals surface area (Å²) in [6.45, 7) is 6.34. The molecule has 162 valence electrons. The average Bonchev–Trinajstić information content (AvgIpc) is 3.51. The molecule has 1 aromatic carbocycles. The molecule has 1 saturated heterocycles. The lowest BCUT2D eigenvalue weighted by atomic mass is 9.84. The van der Waals surface area contributed by atoms with Crippen molar-refractivity contribution in [2.45, 2.75) is 58.0 Å². The Kier molecular flexibility index (Phi) is 9.24. The number of hydrogen-bond donors (Lipinski definition) is 3. The van der Waals surface area contributed by atoms with Crippen molar-refractivity contribution >= 4 is 24.2 Å². The molecular weight excluding hydrogens is 390 g/mol. The molecule has 0 spiro atoms. The van der Waals surface area contributed by atoms with Crippen LogP contribution < -0.4 is 20.7 Å². The molecule has 29 heavy (non-hydrogen) atoms. The highest BCUT2D eigenvalue weighted by Gasteiger charge is 2.24. The first-order valence-electron chi connectivity index (χ1n) is 10.5. The van der Waals surface area contributed by atoms with Crippen molar-refractivity contribution in [1.29, 1.82) is 0 Å². The van der Waals surface area contributed by atoms with Crippen molar-refractivity contribution in [1.82, 2.24) is 16.0 Å². The summed E-state index contributed by atoms with van der Waals surface area (Å²) in [6.07, 6.45) is 5.03. The van der Waals surface area contributed by atoms with Gasteiger partial charge in [0.2, 0.25) is 5.91 Å². The number of carbonyl (C=O) groups excluding carboxylic acids is 2. The van der Waals surface area contributed by atoms with E-state index in [9.17, 15) is 9.59 Å². The van der Waals surface area contributed by atoms with Crippen LogP contribution in [0.25, 0.3) is 0 Å². The van der Waals surface area contributed by atoms with Gasteiger partial charge in [-0.2, -0.15) is 0 Å². The van der Waals surface area contributed by atoms with Gasteiger partial charge in [-0.1, -0.05) is 19.1 Å². The van der Waals surface area contributed by atoms with Gasteiger partial charge in [0.05, 0.1) is 6.04 Å². The number of halogens is 1. The highest BCUT2D eigenvalue weighted by atomic mass is 35.5. The SMILES string of the molecule is CC(NC(=O)CC(C)C1CCNCC1)c1ccc(OCC(=O)NC2CC2)cc1.Cl. The number of rotatable bonds is 9. The minimum absolute atomic E-state index is 0. The number of carbonyl (C=O) groups is 2. The van der Waals surface area contributed by atoms with E-state index >= 15 is 0 Å². The van der Waals surface area contributed by atoms with E-state index in [4.69, 9.17) is 4.74 Å². The van der Waals surface area contributed by atoms with Gasteiger partial charge in [0.15, 0.2) is 6.61 Å². The normalized spacial score (nSPS) is 18.8. The molecule has 1 saturated carbocycles. The summed E-state index contributed by atoms with van der Waals surface area (Å²) in [4.78, 5) is 24.1. The number of piperidine rings is 1. The topological polar surface area (TPSA) is 79.5 Å². The average molecular weight is 424 g/mol. The molecule has 0 aromatic heterocycles. The Morgan fingerprint density at radius 2 is 1.72 bits per heavy atom. The van der Waals surface area contributed by atoms with E-state index in [0.717, 1.165) is 44.3 Å². The van der Waals surface area contributed by atoms with Gasteiger partial charge in [0.1, 0.15) is 5.75 Å². The Balaban J connectivity index is 0.00000300. The first kappa shape index (κ1) is 23.5. The highest BCUT2D eigenvalue weighted by molar-refractivity contribution is 5.85. The predicted octanol–water partition coefficient (Wildman–Crippen LogP) is 2.97. The van der Waals surface area contributed by atoms with Crippen LogP contribution in [-0.2, 0) is 9.59 Å². The third-order valence-electron chi connectivity index (χ3n) is 5.77. The lowest BCUT2D eigenvalue weighted by molar-refractivity contribution is -0.124. The van der Waals surface area contributed by atoms with Crippen LogP contribution in [0, 0.1) is 11.8 Å². The maximum Gasteiger partial charge on any atom is 0.258 e. The maximum atomic E-state index is 12.4. The molecule has 3 rings (SSSR count). The summed E-state index contributed by atoms with van der Waals surface area (Å²) in [5.41, 5.74) is 1.03. The van der Waals surface area contributed by atoms with E-state index in [1.165, 1.54) is 0 Å². The number of amides is 2. The minimum Gasteiger partial charge on any atom is -0.484 e. The van der Waals surface area contributed by atoms with E-state index in [1.807, 2.05) is 31.2 Å². The molecule has 2 unspecified atom stereocenters. The second-order valence-corrected chi connectivity index (χ2v) is 8.26. The second kappa shape index (κ2) is 11.4. The molecule has 3 N–H and O–H groups in total. The van der Waals surface area contributed by atoms with Gasteiger partial charge in [-0.3, -0.25) is 9.59 Å². The van der Waals surface area contributed by atoms with Crippen LogP contribution in [0.1, 0.15) is 57.6 Å². The number of nitrogens with one attached hydrogen (secondary N) is 3. The van der Waals surface area contributed by atoms with E-state index in [-0.39, 0.29) is 36.9 Å². The van der Waals surface area contributed by atoms with Crippen molar-refractivity contribution in [3.8, 4) is 5.75 Å². The van der Waals surface area contributed by atoms with Crippen molar-refractivity contribution < 1.29 is 14.3 Å².